The topological polar surface area (TPSA) is 57.5 Å². The minimum absolute atomic E-state index is 0.0603. The maximum atomic E-state index is 12.1. The maximum Gasteiger partial charge on any atom is 0.130 e. The largest absolute Gasteiger partial charge is 0.393 e. The molecule has 0 heterocycles. The SMILES string of the molecule is C[C@]12CC[C@H]3[C@@H](CC=C4C[C@@H](O)CC[C@@]43C=O)[C@@H]1CC[C@@H]2O. The molecule has 0 amide bonds. The van der Waals surface area contributed by atoms with Gasteiger partial charge in [0.15, 0.2) is 0 Å². The fraction of sp³-hybridized carbons (Fsp3) is 0.842. The van der Waals surface area contributed by atoms with Crippen molar-refractivity contribution in [3.63, 3.8) is 0 Å². The van der Waals surface area contributed by atoms with Gasteiger partial charge in [-0.2, -0.15) is 0 Å². The molecule has 22 heavy (non-hydrogen) atoms. The summed E-state index contributed by atoms with van der Waals surface area (Å²) in [6.45, 7) is 2.27. The van der Waals surface area contributed by atoms with Gasteiger partial charge >= 0.3 is 0 Å². The van der Waals surface area contributed by atoms with Crippen molar-refractivity contribution in [2.45, 2.75) is 70.5 Å². The predicted octanol–water partition coefficient (Wildman–Crippen LogP) is 2.85. The molecular formula is C19H28O3. The third-order valence-corrected chi connectivity index (χ3v) is 7.84. The molecule has 2 N–H and O–H groups in total. The number of allylic oxidation sites excluding steroid dienone is 1. The van der Waals surface area contributed by atoms with Gasteiger partial charge in [0, 0.05) is 0 Å². The van der Waals surface area contributed by atoms with Crippen LogP contribution in [0, 0.1) is 28.6 Å². The van der Waals surface area contributed by atoms with E-state index < -0.39 is 0 Å². The molecular weight excluding hydrogens is 276 g/mol. The highest BCUT2D eigenvalue weighted by Gasteiger charge is 2.59. The molecule has 4 rings (SSSR count). The first-order valence-corrected chi connectivity index (χ1v) is 9.03. The monoisotopic (exact) mass is 304 g/mol. The van der Waals surface area contributed by atoms with Crippen LogP contribution in [0.2, 0.25) is 0 Å². The Morgan fingerprint density at radius 1 is 1.14 bits per heavy atom. The van der Waals surface area contributed by atoms with E-state index in [4.69, 9.17) is 0 Å². The van der Waals surface area contributed by atoms with Crippen LogP contribution in [0.3, 0.4) is 0 Å². The van der Waals surface area contributed by atoms with Crippen LogP contribution in [0.1, 0.15) is 58.3 Å². The van der Waals surface area contributed by atoms with Gasteiger partial charge in [-0.05, 0) is 74.5 Å². The zero-order valence-corrected chi connectivity index (χ0v) is 13.5. The fourth-order valence-corrected chi connectivity index (χ4v) is 6.54. The Labute approximate surface area is 132 Å². The number of aliphatic hydroxyl groups excluding tert-OH is 2. The molecule has 0 bridgehead atoms. The number of carbonyl (C=O) groups excluding carboxylic acids is 1. The van der Waals surface area contributed by atoms with Gasteiger partial charge in [-0.3, -0.25) is 0 Å². The third-order valence-electron chi connectivity index (χ3n) is 7.84. The molecule has 3 heteroatoms. The molecule has 122 valence electrons. The van der Waals surface area contributed by atoms with Gasteiger partial charge in [-0.15, -0.1) is 0 Å². The van der Waals surface area contributed by atoms with Crippen LogP contribution >= 0.6 is 0 Å². The van der Waals surface area contributed by atoms with E-state index in [9.17, 15) is 15.0 Å². The van der Waals surface area contributed by atoms with E-state index in [2.05, 4.69) is 13.0 Å². The summed E-state index contributed by atoms with van der Waals surface area (Å²) in [6, 6.07) is 0. The Hall–Kier alpha value is -0.670. The zero-order valence-electron chi connectivity index (χ0n) is 13.5. The van der Waals surface area contributed by atoms with Gasteiger partial charge in [0.05, 0.1) is 17.6 Å². The van der Waals surface area contributed by atoms with Gasteiger partial charge in [0.25, 0.3) is 0 Å². The third kappa shape index (κ3) is 1.78. The number of hydrogen-bond donors (Lipinski definition) is 2. The van der Waals surface area contributed by atoms with E-state index in [0.717, 1.165) is 44.9 Å². The summed E-state index contributed by atoms with van der Waals surface area (Å²) in [5.74, 6) is 1.53. The van der Waals surface area contributed by atoms with Crippen LogP contribution in [-0.4, -0.2) is 28.7 Å². The van der Waals surface area contributed by atoms with E-state index in [1.165, 1.54) is 11.9 Å². The quantitative estimate of drug-likeness (QED) is 0.578. The Balaban J connectivity index is 1.72. The number of aldehydes is 1. The molecule has 4 aliphatic carbocycles. The van der Waals surface area contributed by atoms with Gasteiger partial charge in [0.2, 0.25) is 0 Å². The highest BCUT2D eigenvalue weighted by atomic mass is 16.3. The number of aliphatic hydroxyl groups is 2. The molecule has 3 saturated carbocycles. The Kier molecular flexibility index (Phi) is 3.32. The van der Waals surface area contributed by atoms with E-state index in [1.807, 2.05) is 0 Å². The first-order chi connectivity index (χ1) is 10.5. The molecule has 3 fully saturated rings. The second-order valence-corrected chi connectivity index (χ2v) is 8.53. The summed E-state index contributed by atoms with van der Waals surface area (Å²) in [6.07, 6.45) is 10.5. The lowest BCUT2D eigenvalue weighted by Gasteiger charge is -2.56. The van der Waals surface area contributed by atoms with Crippen LogP contribution in [0.15, 0.2) is 11.6 Å². The summed E-state index contributed by atoms with van der Waals surface area (Å²) in [5.41, 5.74) is 0.964. The maximum absolute atomic E-state index is 12.1. The van der Waals surface area contributed by atoms with Crippen molar-refractivity contribution >= 4 is 6.29 Å². The van der Waals surface area contributed by atoms with Crippen molar-refractivity contribution in [2.75, 3.05) is 0 Å². The summed E-state index contributed by atoms with van der Waals surface area (Å²) < 4.78 is 0. The number of hydrogen-bond acceptors (Lipinski definition) is 3. The highest BCUT2D eigenvalue weighted by molar-refractivity contribution is 5.67. The second-order valence-electron chi connectivity index (χ2n) is 8.53. The Bertz CT molecular complexity index is 513. The fourth-order valence-electron chi connectivity index (χ4n) is 6.54. The van der Waals surface area contributed by atoms with Crippen molar-refractivity contribution in [3.05, 3.63) is 11.6 Å². The minimum atomic E-state index is -0.309. The first kappa shape index (κ1) is 14.9. The molecule has 0 aromatic heterocycles. The van der Waals surface area contributed by atoms with Crippen molar-refractivity contribution in [1.82, 2.24) is 0 Å². The average molecular weight is 304 g/mol. The molecule has 0 aliphatic heterocycles. The predicted molar refractivity (Wildman–Crippen MR) is 84.1 cm³/mol. The molecule has 0 spiro atoms. The highest BCUT2D eigenvalue weighted by Crippen LogP contribution is 2.64. The summed E-state index contributed by atoms with van der Waals surface area (Å²) in [5, 5.41) is 20.4. The number of rotatable bonds is 1. The average Bonchev–Trinajstić information content (AvgIpc) is 2.82. The summed E-state index contributed by atoms with van der Waals surface area (Å²) in [7, 11) is 0. The van der Waals surface area contributed by atoms with Crippen LogP contribution in [0.25, 0.3) is 0 Å². The van der Waals surface area contributed by atoms with Crippen LogP contribution in [0.5, 0.6) is 0 Å². The van der Waals surface area contributed by atoms with Gasteiger partial charge < -0.3 is 15.0 Å². The molecule has 0 aromatic carbocycles. The van der Waals surface area contributed by atoms with E-state index >= 15 is 0 Å². The molecule has 4 aliphatic rings. The molecule has 0 unspecified atom stereocenters. The standard InChI is InChI=1S/C19H28O3/c1-18-8-7-16-14(15(18)4-5-17(18)22)3-2-12-10-13(21)6-9-19(12,16)11-20/h2,11,13-17,21-22H,3-10H2,1H3/t13-,14-,15-,16-,17-,18-,19+/m0/s1. The second kappa shape index (κ2) is 4.91. The smallest absolute Gasteiger partial charge is 0.130 e. The van der Waals surface area contributed by atoms with Crippen LogP contribution in [0.4, 0.5) is 0 Å². The van der Waals surface area contributed by atoms with E-state index in [0.29, 0.717) is 24.2 Å². The molecule has 7 atom stereocenters. The van der Waals surface area contributed by atoms with Crippen molar-refractivity contribution in [1.29, 1.82) is 0 Å². The molecule has 3 nitrogen and oxygen atoms in total. The van der Waals surface area contributed by atoms with E-state index in [-0.39, 0.29) is 23.0 Å². The minimum Gasteiger partial charge on any atom is -0.393 e. The zero-order chi connectivity index (χ0) is 15.5. The summed E-state index contributed by atoms with van der Waals surface area (Å²) >= 11 is 0. The van der Waals surface area contributed by atoms with E-state index in [1.54, 1.807) is 0 Å². The van der Waals surface area contributed by atoms with Crippen LogP contribution in [-0.2, 0) is 4.79 Å². The number of carbonyl (C=O) groups is 1. The van der Waals surface area contributed by atoms with Crippen molar-refractivity contribution in [3.8, 4) is 0 Å². The Morgan fingerprint density at radius 2 is 1.95 bits per heavy atom. The summed E-state index contributed by atoms with van der Waals surface area (Å²) in [4.78, 5) is 12.1. The van der Waals surface area contributed by atoms with Crippen LogP contribution < -0.4 is 0 Å². The molecule has 0 radical (unpaired) electrons. The lowest BCUT2D eigenvalue weighted by molar-refractivity contribution is -0.127. The normalized spacial score (nSPS) is 54.0. The molecule has 0 saturated heterocycles. The van der Waals surface area contributed by atoms with Gasteiger partial charge in [0.1, 0.15) is 6.29 Å². The van der Waals surface area contributed by atoms with Crippen molar-refractivity contribution < 1.29 is 15.0 Å². The molecule has 0 aromatic rings. The van der Waals surface area contributed by atoms with Crippen molar-refractivity contribution in [2.24, 2.45) is 28.6 Å². The lowest BCUT2D eigenvalue weighted by atomic mass is 9.48. The Morgan fingerprint density at radius 3 is 2.73 bits per heavy atom. The number of fused-ring (bicyclic) bond motifs is 5. The van der Waals surface area contributed by atoms with Gasteiger partial charge in [-0.25, -0.2) is 0 Å². The van der Waals surface area contributed by atoms with Gasteiger partial charge in [-0.1, -0.05) is 18.6 Å². The first-order valence-electron chi connectivity index (χ1n) is 9.03. The lowest BCUT2D eigenvalue weighted by Crippen LogP contribution is -2.52.